The van der Waals surface area contributed by atoms with Crippen LogP contribution < -0.4 is 4.90 Å². The molecule has 0 aromatic heterocycles. The lowest BCUT2D eigenvalue weighted by atomic mass is 9.77. The van der Waals surface area contributed by atoms with Crippen LogP contribution in [0.25, 0.3) is 10.8 Å². The second kappa shape index (κ2) is 8.62. The summed E-state index contributed by atoms with van der Waals surface area (Å²) in [5.41, 5.74) is 6.14. The summed E-state index contributed by atoms with van der Waals surface area (Å²) in [5, 5.41) is 2.59. The van der Waals surface area contributed by atoms with E-state index in [4.69, 9.17) is 4.74 Å². The van der Waals surface area contributed by atoms with Crippen molar-refractivity contribution in [3.63, 3.8) is 0 Å². The minimum Gasteiger partial charge on any atom is -0.435 e. The van der Waals surface area contributed by atoms with Gasteiger partial charge in [-0.3, -0.25) is 4.79 Å². The van der Waals surface area contributed by atoms with Gasteiger partial charge in [-0.1, -0.05) is 30.8 Å². The fourth-order valence-electron chi connectivity index (χ4n) is 5.09. The zero-order valence-electron chi connectivity index (χ0n) is 19.4. The largest absolute Gasteiger partial charge is 0.435 e. The van der Waals surface area contributed by atoms with E-state index in [0.717, 1.165) is 12.2 Å². The average molecular weight is 428 g/mol. The van der Waals surface area contributed by atoms with Gasteiger partial charge in [0.1, 0.15) is 7.05 Å². The number of hydrogen-bond donors (Lipinski definition) is 0. The molecule has 0 saturated carbocycles. The van der Waals surface area contributed by atoms with Gasteiger partial charge in [-0.2, -0.15) is 4.58 Å². The fraction of sp³-hybridized carbons (Fsp3) is 0.286. The standard InChI is InChI=1S/C28H31N2O2/c1-6-30(19-18-25(31)32-7-2)22-15-12-21(13-16-22)27-28(3,4)26-23-11-9-8-10-20(23)14-17-24(26)29(27)5/h7-17H,2,6,18-19H2,1,3-5H3/q+1. The van der Waals surface area contributed by atoms with E-state index in [2.05, 4.69) is 105 Å². The summed E-state index contributed by atoms with van der Waals surface area (Å²) in [5.74, 6) is -0.259. The van der Waals surface area contributed by atoms with E-state index in [0.29, 0.717) is 13.0 Å². The lowest BCUT2D eigenvalue weighted by molar-refractivity contribution is -0.401. The lowest BCUT2D eigenvalue weighted by Crippen LogP contribution is -2.30. The number of carbonyl (C=O) groups is 1. The van der Waals surface area contributed by atoms with Gasteiger partial charge in [0, 0.05) is 36.0 Å². The van der Waals surface area contributed by atoms with Gasteiger partial charge in [-0.05, 0) is 61.9 Å². The first-order valence-electron chi connectivity index (χ1n) is 11.2. The molecule has 0 atom stereocenters. The highest BCUT2D eigenvalue weighted by molar-refractivity contribution is 6.10. The third-order valence-electron chi connectivity index (χ3n) is 6.51. The molecule has 1 heterocycles. The van der Waals surface area contributed by atoms with Crippen LogP contribution in [-0.2, 0) is 14.9 Å². The summed E-state index contributed by atoms with van der Waals surface area (Å²) in [7, 11) is 2.16. The van der Waals surface area contributed by atoms with Gasteiger partial charge in [0.25, 0.3) is 0 Å². The maximum atomic E-state index is 11.7. The van der Waals surface area contributed by atoms with Crippen molar-refractivity contribution in [1.82, 2.24) is 0 Å². The Morgan fingerprint density at radius 1 is 1.09 bits per heavy atom. The van der Waals surface area contributed by atoms with E-state index in [-0.39, 0.29) is 11.4 Å². The Hall–Kier alpha value is -3.40. The smallest absolute Gasteiger partial charge is 0.312 e. The van der Waals surface area contributed by atoms with E-state index in [9.17, 15) is 4.79 Å². The highest BCUT2D eigenvalue weighted by atomic mass is 16.5. The topological polar surface area (TPSA) is 32.5 Å². The number of hydrogen-bond acceptors (Lipinski definition) is 3. The SMILES string of the molecule is C=COC(=O)CCN(CC)c1ccc(C2=[N+](C)c3ccc4ccccc4c3C2(C)C)cc1. The maximum Gasteiger partial charge on any atom is 0.312 e. The Morgan fingerprint density at radius 2 is 1.81 bits per heavy atom. The van der Waals surface area contributed by atoms with Crippen LogP contribution in [0.15, 0.2) is 73.5 Å². The number of anilines is 1. The molecule has 4 rings (SSSR count). The first-order chi connectivity index (χ1) is 15.4. The van der Waals surface area contributed by atoms with Gasteiger partial charge in [0.15, 0.2) is 5.71 Å². The van der Waals surface area contributed by atoms with Crippen molar-refractivity contribution >= 4 is 33.8 Å². The Morgan fingerprint density at radius 3 is 2.50 bits per heavy atom. The lowest BCUT2D eigenvalue weighted by Gasteiger charge is -2.23. The van der Waals surface area contributed by atoms with Crippen molar-refractivity contribution in [2.24, 2.45) is 0 Å². The molecule has 3 aromatic carbocycles. The summed E-state index contributed by atoms with van der Waals surface area (Å²) in [6.07, 6.45) is 1.52. The number of nitrogens with zero attached hydrogens (tertiary/aromatic N) is 2. The zero-order chi connectivity index (χ0) is 22.9. The van der Waals surface area contributed by atoms with Gasteiger partial charge in [0.05, 0.1) is 18.1 Å². The molecule has 0 amide bonds. The molecule has 0 saturated heterocycles. The third-order valence-corrected chi connectivity index (χ3v) is 6.51. The van der Waals surface area contributed by atoms with E-state index < -0.39 is 0 Å². The van der Waals surface area contributed by atoms with Gasteiger partial charge in [0.2, 0.25) is 5.69 Å². The highest BCUT2D eigenvalue weighted by Crippen LogP contribution is 2.44. The zero-order valence-corrected chi connectivity index (χ0v) is 19.4. The van der Waals surface area contributed by atoms with E-state index >= 15 is 0 Å². The Kier molecular flexibility index (Phi) is 5.88. The summed E-state index contributed by atoms with van der Waals surface area (Å²) in [6.45, 7) is 11.6. The molecule has 0 spiro atoms. The third kappa shape index (κ3) is 3.70. The van der Waals surface area contributed by atoms with Crippen molar-refractivity contribution < 1.29 is 14.1 Å². The summed E-state index contributed by atoms with van der Waals surface area (Å²) >= 11 is 0. The molecule has 0 N–H and O–H groups in total. The van der Waals surface area contributed by atoms with Crippen LogP contribution in [0.1, 0.15) is 38.3 Å². The van der Waals surface area contributed by atoms with E-state index in [1.54, 1.807) is 0 Å². The second-order valence-electron chi connectivity index (χ2n) is 8.75. The molecule has 164 valence electrons. The van der Waals surface area contributed by atoms with Gasteiger partial charge in [-0.15, -0.1) is 0 Å². The first kappa shape index (κ1) is 21.8. The van der Waals surface area contributed by atoms with Crippen LogP contribution in [0.3, 0.4) is 0 Å². The minimum atomic E-state index is -0.259. The molecule has 0 bridgehead atoms. The summed E-state index contributed by atoms with van der Waals surface area (Å²) in [6, 6.07) is 21.8. The Bertz CT molecular complexity index is 1210. The minimum absolute atomic E-state index is 0.120. The molecule has 0 aliphatic carbocycles. The highest BCUT2D eigenvalue weighted by Gasteiger charge is 2.46. The van der Waals surface area contributed by atoms with Crippen molar-refractivity contribution in [2.45, 2.75) is 32.6 Å². The Labute approximate surface area is 190 Å². The van der Waals surface area contributed by atoms with Crippen LogP contribution in [0.2, 0.25) is 0 Å². The molecule has 4 nitrogen and oxygen atoms in total. The second-order valence-corrected chi connectivity index (χ2v) is 8.75. The van der Waals surface area contributed by atoms with Gasteiger partial charge >= 0.3 is 5.97 Å². The molecule has 0 radical (unpaired) electrons. The molecule has 3 aromatic rings. The molecular weight excluding hydrogens is 396 g/mol. The maximum absolute atomic E-state index is 11.7. The normalized spacial score (nSPS) is 14.4. The van der Waals surface area contributed by atoms with Crippen LogP contribution in [0.4, 0.5) is 11.4 Å². The van der Waals surface area contributed by atoms with Crippen LogP contribution in [0.5, 0.6) is 0 Å². The molecule has 32 heavy (non-hydrogen) atoms. The van der Waals surface area contributed by atoms with Crippen molar-refractivity contribution in [3.05, 3.63) is 84.6 Å². The number of rotatable bonds is 7. The molecule has 1 aliphatic heterocycles. The van der Waals surface area contributed by atoms with Gasteiger partial charge < -0.3 is 9.64 Å². The van der Waals surface area contributed by atoms with E-state index in [1.807, 2.05) is 0 Å². The van der Waals surface area contributed by atoms with E-state index in [1.165, 1.54) is 39.6 Å². The molecule has 4 heteroatoms. The van der Waals surface area contributed by atoms with Gasteiger partial charge in [-0.25, -0.2) is 0 Å². The van der Waals surface area contributed by atoms with Crippen molar-refractivity contribution in [2.75, 3.05) is 25.0 Å². The molecular formula is C28H31N2O2+. The molecule has 0 fully saturated rings. The van der Waals surface area contributed by atoms with Crippen LogP contribution in [-0.4, -0.2) is 36.4 Å². The predicted molar refractivity (Wildman–Crippen MR) is 132 cm³/mol. The number of benzene rings is 3. The van der Waals surface area contributed by atoms with Crippen LogP contribution in [0, 0.1) is 0 Å². The van der Waals surface area contributed by atoms with Crippen LogP contribution >= 0.6 is 0 Å². The number of fused-ring (bicyclic) bond motifs is 3. The molecule has 1 aliphatic rings. The first-order valence-corrected chi connectivity index (χ1v) is 11.2. The Balaban J connectivity index is 1.65. The number of esters is 1. The summed E-state index contributed by atoms with van der Waals surface area (Å²) < 4.78 is 7.18. The van der Waals surface area contributed by atoms with Crippen molar-refractivity contribution in [1.29, 1.82) is 0 Å². The quantitative estimate of drug-likeness (QED) is 0.271. The monoisotopic (exact) mass is 427 g/mol. The molecule has 0 unspecified atom stereocenters. The predicted octanol–water partition coefficient (Wildman–Crippen LogP) is 5.80. The fourth-order valence-corrected chi connectivity index (χ4v) is 5.09. The summed E-state index contributed by atoms with van der Waals surface area (Å²) in [4.78, 5) is 13.9. The number of ether oxygens (including phenoxy) is 1. The number of carbonyl (C=O) groups excluding carboxylic acids is 1. The average Bonchev–Trinajstić information content (AvgIpc) is 3.00. The van der Waals surface area contributed by atoms with Crippen molar-refractivity contribution in [3.8, 4) is 0 Å².